The van der Waals surface area contributed by atoms with Gasteiger partial charge in [0.25, 0.3) is 12.3 Å². The molecular formula is C23H18B2F4N4O. The third-order valence-electron chi connectivity index (χ3n) is 6.36. The van der Waals surface area contributed by atoms with Crippen molar-refractivity contribution in [3.05, 3.63) is 82.8 Å². The minimum absolute atomic E-state index is 0.0783. The second kappa shape index (κ2) is 7.72. The predicted octanol–water partition coefficient (Wildman–Crippen LogP) is 2.88. The number of hydrogen-bond donors (Lipinski definition) is 0. The van der Waals surface area contributed by atoms with E-state index in [1.165, 1.54) is 27.9 Å². The van der Waals surface area contributed by atoms with Gasteiger partial charge < -0.3 is 4.90 Å². The number of hydrogen-bond acceptors (Lipinski definition) is 3. The summed E-state index contributed by atoms with van der Waals surface area (Å²) in [6.07, 6.45) is 0.379. The highest BCUT2D eigenvalue weighted by atomic mass is 19.3. The maximum absolute atomic E-state index is 15.2. The normalized spacial score (nSPS) is 14.9. The minimum Gasteiger partial charge on any atom is -0.339 e. The van der Waals surface area contributed by atoms with Crippen molar-refractivity contribution in [2.45, 2.75) is 18.3 Å². The Morgan fingerprint density at radius 1 is 1.09 bits per heavy atom. The number of fused-ring (bicyclic) bond motifs is 2. The van der Waals surface area contributed by atoms with Crippen molar-refractivity contribution in [2.75, 3.05) is 0 Å². The first kappa shape index (κ1) is 22.2. The summed E-state index contributed by atoms with van der Waals surface area (Å²) in [4.78, 5) is 18.6. The van der Waals surface area contributed by atoms with Gasteiger partial charge in [-0.25, -0.2) is 17.6 Å². The van der Waals surface area contributed by atoms with Crippen molar-refractivity contribution in [1.29, 1.82) is 0 Å². The summed E-state index contributed by atoms with van der Waals surface area (Å²) in [6, 6.07) is 8.22. The Morgan fingerprint density at radius 2 is 1.79 bits per heavy atom. The van der Waals surface area contributed by atoms with Crippen LogP contribution in [0.5, 0.6) is 0 Å². The molecule has 0 saturated heterocycles. The van der Waals surface area contributed by atoms with Crippen molar-refractivity contribution in [1.82, 2.24) is 19.7 Å². The van der Waals surface area contributed by atoms with Crippen LogP contribution in [0.3, 0.4) is 0 Å². The van der Waals surface area contributed by atoms with Crippen LogP contribution in [0.2, 0.25) is 0 Å². The highest BCUT2D eigenvalue weighted by Crippen LogP contribution is 2.37. The number of aryl methyl sites for hydroxylation is 1. The molecule has 2 aromatic heterocycles. The molecule has 1 aliphatic heterocycles. The quantitative estimate of drug-likeness (QED) is 0.345. The highest BCUT2D eigenvalue weighted by Gasteiger charge is 2.44. The van der Waals surface area contributed by atoms with Gasteiger partial charge in [0.15, 0.2) is 0 Å². The summed E-state index contributed by atoms with van der Waals surface area (Å²) in [5.41, 5.74) is 1.10. The van der Waals surface area contributed by atoms with Crippen LogP contribution >= 0.6 is 0 Å². The molecule has 0 saturated carbocycles. The van der Waals surface area contributed by atoms with E-state index in [4.69, 9.17) is 0 Å². The lowest BCUT2D eigenvalue weighted by atomic mass is 9.59. The van der Waals surface area contributed by atoms with Crippen LogP contribution in [-0.4, -0.2) is 41.3 Å². The summed E-state index contributed by atoms with van der Waals surface area (Å²) in [5, 5.41) is 3.61. The molecular weight excluding hydrogens is 446 g/mol. The van der Waals surface area contributed by atoms with Gasteiger partial charge in [-0.2, -0.15) is 5.10 Å². The molecule has 0 aliphatic carbocycles. The third-order valence-corrected chi connectivity index (χ3v) is 6.36. The van der Waals surface area contributed by atoms with E-state index in [-0.39, 0.29) is 34.7 Å². The molecule has 5 rings (SSSR count). The van der Waals surface area contributed by atoms with Crippen LogP contribution in [0.4, 0.5) is 17.6 Å². The van der Waals surface area contributed by atoms with Crippen molar-refractivity contribution < 1.29 is 22.4 Å². The van der Waals surface area contributed by atoms with Gasteiger partial charge in [0.2, 0.25) is 0 Å². The van der Waals surface area contributed by atoms with Crippen molar-refractivity contribution >= 4 is 32.5 Å². The number of halogens is 4. The van der Waals surface area contributed by atoms with E-state index in [9.17, 15) is 13.6 Å². The lowest BCUT2D eigenvalue weighted by Crippen LogP contribution is -2.45. The average Bonchev–Trinajstić information content (AvgIpc) is 3.25. The molecule has 4 aromatic rings. The van der Waals surface area contributed by atoms with E-state index >= 15 is 8.78 Å². The predicted molar refractivity (Wildman–Crippen MR) is 124 cm³/mol. The maximum atomic E-state index is 15.2. The molecule has 0 spiro atoms. The Labute approximate surface area is 194 Å². The first-order valence-corrected chi connectivity index (χ1v) is 10.6. The average molecular weight is 464 g/mol. The van der Waals surface area contributed by atoms with E-state index in [0.717, 1.165) is 12.1 Å². The largest absolute Gasteiger partial charge is 0.339 e. The van der Waals surface area contributed by atoms with Crippen LogP contribution in [-0.2, 0) is 18.9 Å². The van der Waals surface area contributed by atoms with Crippen LogP contribution in [0.15, 0.2) is 48.8 Å². The number of carbonyl (C=O) groups excluding carboxylic acids is 1. The Bertz CT molecular complexity index is 1450. The fourth-order valence-corrected chi connectivity index (χ4v) is 4.60. The fraction of sp³-hybridized carbons (Fsp3) is 0.174. The molecule has 0 N–H and O–H groups in total. The van der Waals surface area contributed by atoms with E-state index < -0.39 is 23.4 Å². The van der Waals surface area contributed by atoms with Crippen molar-refractivity contribution in [2.24, 2.45) is 7.05 Å². The fourth-order valence-electron chi connectivity index (χ4n) is 4.60. The van der Waals surface area contributed by atoms with Gasteiger partial charge >= 0.3 is 0 Å². The molecule has 11 heteroatoms. The topological polar surface area (TPSA) is 51.0 Å². The Balaban J connectivity index is 1.55. The smallest absolute Gasteiger partial charge is 0.266 e. The summed E-state index contributed by atoms with van der Waals surface area (Å²) in [7, 11) is 5.14. The second-order valence-corrected chi connectivity index (χ2v) is 8.84. The number of aromatic nitrogens is 3. The maximum Gasteiger partial charge on any atom is 0.266 e. The first-order valence-electron chi connectivity index (χ1n) is 10.6. The van der Waals surface area contributed by atoms with Crippen molar-refractivity contribution in [3.8, 4) is 11.1 Å². The molecule has 0 fully saturated rings. The summed E-state index contributed by atoms with van der Waals surface area (Å²) >= 11 is 0. The highest BCUT2D eigenvalue weighted by molar-refractivity contribution is 6.42. The number of carbonyl (C=O) groups is 1. The molecule has 170 valence electrons. The molecule has 1 amide bonds. The van der Waals surface area contributed by atoms with Gasteiger partial charge in [-0.1, -0.05) is 12.1 Å². The molecule has 0 radical (unpaired) electrons. The Kier molecular flexibility index (Phi) is 5.03. The molecule has 34 heavy (non-hydrogen) atoms. The summed E-state index contributed by atoms with van der Waals surface area (Å²) < 4.78 is 58.7. The van der Waals surface area contributed by atoms with E-state index in [0.29, 0.717) is 22.2 Å². The van der Waals surface area contributed by atoms with Gasteiger partial charge in [-0.15, -0.1) is 0 Å². The molecule has 3 heterocycles. The molecule has 0 atom stereocenters. The van der Waals surface area contributed by atoms with Gasteiger partial charge in [-0.05, 0) is 35.4 Å². The number of nitrogens with zero attached hydrogens (tertiary/aromatic N) is 4. The number of alkyl halides is 2. The van der Waals surface area contributed by atoms with Gasteiger partial charge in [0, 0.05) is 41.3 Å². The van der Waals surface area contributed by atoms with E-state index in [1.807, 2.05) is 0 Å². The minimum atomic E-state index is -2.73. The summed E-state index contributed by atoms with van der Waals surface area (Å²) in [5.74, 6) is -2.02. The van der Waals surface area contributed by atoms with Gasteiger partial charge in [-0.3, -0.25) is 14.5 Å². The van der Waals surface area contributed by atoms with Crippen LogP contribution < -0.4 is 0 Å². The van der Waals surface area contributed by atoms with Gasteiger partial charge in [0.1, 0.15) is 32.8 Å². The lowest BCUT2D eigenvalue weighted by Gasteiger charge is -2.32. The third kappa shape index (κ3) is 3.29. The molecule has 5 nitrogen and oxygen atoms in total. The Morgan fingerprint density at radius 3 is 2.44 bits per heavy atom. The van der Waals surface area contributed by atoms with Crippen LogP contribution in [0, 0.1) is 11.6 Å². The van der Waals surface area contributed by atoms with E-state index in [1.54, 1.807) is 41.1 Å². The lowest BCUT2D eigenvalue weighted by molar-refractivity contribution is 0.0727. The van der Waals surface area contributed by atoms with Gasteiger partial charge in [0.05, 0.1) is 17.8 Å². The number of benzene rings is 2. The van der Waals surface area contributed by atoms with Crippen LogP contribution in [0.1, 0.15) is 33.6 Å². The molecule has 2 aromatic carbocycles. The van der Waals surface area contributed by atoms with Crippen LogP contribution in [0.25, 0.3) is 22.0 Å². The second-order valence-electron chi connectivity index (χ2n) is 8.84. The molecule has 0 bridgehead atoms. The number of amides is 1. The number of pyridine rings is 1. The zero-order valence-electron chi connectivity index (χ0n) is 18.6. The Hall–Kier alpha value is -3.62. The van der Waals surface area contributed by atoms with Crippen molar-refractivity contribution in [3.63, 3.8) is 0 Å². The monoisotopic (exact) mass is 464 g/mol. The van der Waals surface area contributed by atoms with E-state index in [2.05, 4.69) is 10.1 Å². The molecule has 1 aliphatic rings. The zero-order valence-corrected chi connectivity index (χ0v) is 18.6. The SMILES string of the molecule is BC1(B)c2ncccc2C(=O)N1Cc1c(F)cc(-c2ccc(C(F)F)c3nn(C)cc23)cc1F. The first-order chi connectivity index (χ1) is 16.1. The molecule has 0 unspecified atom stereocenters. The number of rotatable bonds is 4. The zero-order chi connectivity index (χ0) is 24.4. The standard InChI is InChI=1S/C23H18B2F4N4O/c1-32-9-15-12(4-5-13(21(28)29)19(15)31-32)11-7-17(26)16(18(27)8-11)10-33-22(34)14-3-2-6-30-20(14)23(33,24)25/h2-9,21H,10,24-25H2,1H3. The summed E-state index contributed by atoms with van der Waals surface area (Å²) in [6.45, 7) is -0.285.